The van der Waals surface area contributed by atoms with E-state index in [1.54, 1.807) is 51.5 Å². The number of ether oxygens (including phenoxy) is 2. The molecule has 0 saturated heterocycles. The summed E-state index contributed by atoms with van der Waals surface area (Å²) < 4.78 is 11.7. The highest BCUT2D eigenvalue weighted by atomic mass is 35.5. The fraction of sp³-hybridized carbons (Fsp3) is 0.158. The largest absolute Gasteiger partial charge is 0.497 e. The zero-order valence-electron chi connectivity index (χ0n) is 15.5. The summed E-state index contributed by atoms with van der Waals surface area (Å²) in [4.78, 5) is 13.0. The molecule has 3 rings (SSSR count). The first-order chi connectivity index (χ1) is 13.5. The lowest BCUT2D eigenvalue weighted by Crippen LogP contribution is -2.19. The number of hydrogen-bond donors (Lipinski definition) is 1. The molecule has 3 aromatic rings. The zero-order valence-corrected chi connectivity index (χ0v) is 16.3. The number of aromatic nitrogens is 4. The van der Waals surface area contributed by atoms with Crippen molar-refractivity contribution in [3.8, 4) is 11.5 Å². The van der Waals surface area contributed by atoms with Gasteiger partial charge < -0.3 is 14.8 Å². The third-order valence-electron chi connectivity index (χ3n) is 3.91. The van der Waals surface area contributed by atoms with Crippen molar-refractivity contribution in [1.29, 1.82) is 0 Å². The Balaban J connectivity index is 1.98. The smallest absolute Gasteiger partial charge is 0.274 e. The first-order valence-corrected chi connectivity index (χ1v) is 8.65. The van der Waals surface area contributed by atoms with Crippen molar-refractivity contribution < 1.29 is 14.3 Å². The lowest BCUT2D eigenvalue weighted by atomic mass is 10.1. The molecule has 0 fully saturated rings. The van der Waals surface area contributed by atoms with Gasteiger partial charge in [0.15, 0.2) is 5.82 Å². The molecular weight excluding hydrogens is 382 g/mol. The maximum absolute atomic E-state index is 13.0. The molecule has 0 aliphatic rings. The van der Waals surface area contributed by atoms with Crippen LogP contribution in [-0.2, 0) is 4.79 Å². The number of methoxy groups -OCH3 is 2. The first-order valence-electron chi connectivity index (χ1n) is 8.28. The van der Waals surface area contributed by atoms with Gasteiger partial charge in [0.2, 0.25) is 0 Å². The molecule has 0 aliphatic carbocycles. The number of aryl methyl sites for hydroxylation is 1. The fourth-order valence-corrected chi connectivity index (χ4v) is 2.69. The van der Waals surface area contributed by atoms with E-state index < -0.39 is 5.91 Å². The minimum Gasteiger partial charge on any atom is -0.497 e. The molecule has 0 atom stereocenters. The number of halogens is 1. The summed E-state index contributed by atoms with van der Waals surface area (Å²) in [5.41, 5.74) is 1.41. The van der Waals surface area contributed by atoms with Gasteiger partial charge in [0.25, 0.3) is 5.91 Å². The van der Waals surface area contributed by atoms with Crippen molar-refractivity contribution in [2.45, 2.75) is 6.92 Å². The number of carbonyl (C=O) groups excluding carboxylic acids is 1. The van der Waals surface area contributed by atoms with Crippen LogP contribution >= 0.6 is 11.6 Å². The summed E-state index contributed by atoms with van der Waals surface area (Å²) in [7, 11) is 3.12. The molecule has 0 unspecified atom stereocenters. The van der Waals surface area contributed by atoms with Crippen molar-refractivity contribution >= 4 is 35.0 Å². The Bertz CT molecular complexity index is 1030. The van der Waals surface area contributed by atoms with Gasteiger partial charge in [0, 0.05) is 6.07 Å². The minimum absolute atomic E-state index is 0.225. The molecule has 1 heterocycles. The predicted octanol–water partition coefficient (Wildman–Crippen LogP) is 3.29. The van der Waals surface area contributed by atoms with Crippen LogP contribution < -0.4 is 14.8 Å². The van der Waals surface area contributed by atoms with E-state index in [9.17, 15) is 4.79 Å². The summed E-state index contributed by atoms with van der Waals surface area (Å²) in [5, 5.41) is 14.5. The SMILES string of the molecule is COc1cccc(C=C(C(=O)Nc2ccc(OC)cc2Cl)n2nnnc2C)c1. The lowest BCUT2D eigenvalue weighted by Gasteiger charge is -2.12. The Labute approximate surface area is 166 Å². The van der Waals surface area contributed by atoms with Crippen molar-refractivity contribution in [1.82, 2.24) is 20.2 Å². The average molecular weight is 400 g/mol. The number of carbonyl (C=O) groups is 1. The molecule has 0 aliphatic heterocycles. The Morgan fingerprint density at radius 3 is 2.54 bits per heavy atom. The van der Waals surface area contributed by atoms with Crippen molar-refractivity contribution in [2.24, 2.45) is 0 Å². The topological polar surface area (TPSA) is 91.2 Å². The standard InChI is InChI=1S/C19H18ClN5O3/c1-12-22-23-24-25(12)18(10-13-5-4-6-14(9-13)27-2)19(26)21-17-8-7-15(28-3)11-16(17)20/h4-11H,1-3H3,(H,21,26). The Kier molecular flexibility index (Phi) is 5.90. The highest BCUT2D eigenvalue weighted by Gasteiger charge is 2.18. The average Bonchev–Trinajstić information content (AvgIpc) is 3.13. The third kappa shape index (κ3) is 4.29. The highest BCUT2D eigenvalue weighted by molar-refractivity contribution is 6.35. The van der Waals surface area contributed by atoms with E-state index in [1.165, 1.54) is 4.68 Å². The van der Waals surface area contributed by atoms with Gasteiger partial charge in [-0.3, -0.25) is 4.79 Å². The van der Waals surface area contributed by atoms with E-state index in [4.69, 9.17) is 21.1 Å². The van der Waals surface area contributed by atoms with Gasteiger partial charge in [-0.2, -0.15) is 4.68 Å². The van der Waals surface area contributed by atoms with Crippen LogP contribution in [0.4, 0.5) is 5.69 Å². The van der Waals surface area contributed by atoms with E-state index in [0.717, 1.165) is 5.56 Å². The van der Waals surface area contributed by atoms with Crippen LogP contribution in [0.15, 0.2) is 42.5 Å². The molecule has 1 amide bonds. The van der Waals surface area contributed by atoms with Gasteiger partial charge in [-0.05, 0) is 53.3 Å². The van der Waals surface area contributed by atoms with Crippen LogP contribution in [0.1, 0.15) is 11.4 Å². The van der Waals surface area contributed by atoms with E-state index in [-0.39, 0.29) is 5.70 Å². The van der Waals surface area contributed by atoms with E-state index in [1.807, 2.05) is 18.2 Å². The number of anilines is 1. The van der Waals surface area contributed by atoms with Gasteiger partial charge in [-0.25, -0.2) is 0 Å². The Morgan fingerprint density at radius 1 is 1.14 bits per heavy atom. The Morgan fingerprint density at radius 2 is 1.89 bits per heavy atom. The van der Waals surface area contributed by atoms with Gasteiger partial charge in [0.05, 0.1) is 24.9 Å². The zero-order chi connectivity index (χ0) is 20.1. The molecule has 9 heteroatoms. The van der Waals surface area contributed by atoms with Crippen LogP contribution in [0, 0.1) is 6.92 Å². The van der Waals surface area contributed by atoms with Crippen LogP contribution in [0.2, 0.25) is 5.02 Å². The first kappa shape index (κ1) is 19.4. The highest BCUT2D eigenvalue weighted by Crippen LogP contribution is 2.27. The number of nitrogens with zero attached hydrogens (tertiary/aromatic N) is 4. The van der Waals surface area contributed by atoms with Crippen LogP contribution in [0.25, 0.3) is 11.8 Å². The molecule has 1 aromatic heterocycles. The number of amides is 1. The number of hydrogen-bond acceptors (Lipinski definition) is 6. The Hall–Kier alpha value is -3.39. The third-order valence-corrected chi connectivity index (χ3v) is 4.22. The summed E-state index contributed by atoms with van der Waals surface area (Å²) in [6.07, 6.45) is 1.67. The van der Waals surface area contributed by atoms with E-state index >= 15 is 0 Å². The van der Waals surface area contributed by atoms with Crippen LogP contribution in [-0.4, -0.2) is 40.3 Å². The quantitative estimate of drug-likeness (QED) is 0.639. The molecule has 144 valence electrons. The normalized spacial score (nSPS) is 11.2. The van der Waals surface area contributed by atoms with Gasteiger partial charge >= 0.3 is 0 Å². The number of tetrazole rings is 1. The van der Waals surface area contributed by atoms with Crippen molar-refractivity contribution in [2.75, 3.05) is 19.5 Å². The molecule has 28 heavy (non-hydrogen) atoms. The monoisotopic (exact) mass is 399 g/mol. The fourth-order valence-electron chi connectivity index (χ4n) is 2.48. The van der Waals surface area contributed by atoms with E-state index in [2.05, 4.69) is 20.8 Å². The van der Waals surface area contributed by atoms with Crippen LogP contribution in [0.5, 0.6) is 11.5 Å². The van der Waals surface area contributed by atoms with Crippen molar-refractivity contribution in [3.05, 3.63) is 58.9 Å². The van der Waals surface area contributed by atoms with Gasteiger partial charge in [0.1, 0.15) is 17.2 Å². The number of benzene rings is 2. The second-order valence-corrected chi connectivity index (χ2v) is 6.15. The molecule has 0 spiro atoms. The molecule has 1 N–H and O–H groups in total. The lowest BCUT2D eigenvalue weighted by molar-refractivity contribution is -0.111. The molecular formula is C19H18ClN5O3. The molecule has 2 aromatic carbocycles. The molecule has 0 saturated carbocycles. The molecule has 0 bridgehead atoms. The van der Waals surface area contributed by atoms with Crippen LogP contribution in [0.3, 0.4) is 0 Å². The second kappa shape index (κ2) is 8.53. The predicted molar refractivity (Wildman–Crippen MR) is 106 cm³/mol. The molecule has 0 radical (unpaired) electrons. The maximum atomic E-state index is 13.0. The summed E-state index contributed by atoms with van der Waals surface area (Å²) in [6, 6.07) is 12.3. The molecule has 8 nitrogen and oxygen atoms in total. The summed E-state index contributed by atoms with van der Waals surface area (Å²) in [6.45, 7) is 1.70. The second-order valence-electron chi connectivity index (χ2n) is 5.74. The minimum atomic E-state index is -0.426. The van der Waals surface area contributed by atoms with Gasteiger partial charge in [-0.1, -0.05) is 23.7 Å². The maximum Gasteiger partial charge on any atom is 0.274 e. The summed E-state index contributed by atoms with van der Waals surface area (Å²) >= 11 is 6.24. The summed E-state index contributed by atoms with van der Waals surface area (Å²) in [5.74, 6) is 1.29. The van der Waals surface area contributed by atoms with Crippen molar-refractivity contribution in [3.63, 3.8) is 0 Å². The van der Waals surface area contributed by atoms with E-state index in [0.29, 0.717) is 28.0 Å². The van der Waals surface area contributed by atoms with Gasteiger partial charge in [-0.15, -0.1) is 5.10 Å². The number of nitrogens with one attached hydrogen (secondary N) is 1. The number of rotatable bonds is 6.